The Balaban J connectivity index is 2.82. The maximum atomic E-state index is 13.0. The summed E-state index contributed by atoms with van der Waals surface area (Å²) in [6.45, 7) is 5.55. The summed E-state index contributed by atoms with van der Waals surface area (Å²) in [7, 11) is 1.28. The SMILES string of the molecule is C=C/C(=C\C=C\F)Cc1cnc2c(O)c(C(=O)NC)c(=O)n(/C=C(\O)C(=O)NCC)c2c1. The molecular formula is C22H23FN4O5. The third kappa shape index (κ3) is 5.09. The molecule has 2 rings (SSSR count). The lowest BCUT2D eigenvalue weighted by Crippen LogP contribution is -2.31. The molecule has 0 fully saturated rings. The molecule has 2 amide bonds. The third-order valence-corrected chi connectivity index (χ3v) is 4.41. The van der Waals surface area contributed by atoms with Crippen LogP contribution in [-0.4, -0.2) is 45.2 Å². The van der Waals surface area contributed by atoms with Crippen molar-refractivity contribution in [1.82, 2.24) is 20.2 Å². The van der Waals surface area contributed by atoms with E-state index < -0.39 is 34.4 Å². The fourth-order valence-electron chi connectivity index (χ4n) is 2.89. The Bertz CT molecular complexity index is 1210. The maximum absolute atomic E-state index is 13.0. The molecule has 0 aliphatic heterocycles. The van der Waals surface area contributed by atoms with Crippen molar-refractivity contribution in [3.05, 3.63) is 76.2 Å². The van der Waals surface area contributed by atoms with Crippen LogP contribution in [0.15, 0.2) is 59.5 Å². The van der Waals surface area contributed by atoms with Crippen LogP contribution in [0.5, 0.6) is 5.75 Å². The number of aliphatic hydroxyl groups is 1. The number of likely N-dealkylation sites (N-methyl/N-ethyl adjacent to an activating group) is 1. The number of aromatic hydroxyl groups is 1. The van der Waals surface area contributed by atoms with Crippen molar-refractivity contribution < 1.29 is 24.2 Å². The highest BCUT2D eigenvalue weighted by molar-refractivity contribution is 6.02. The van der Waals surface area contributed by atoms with Gasteiger partial charge in [0.15, 0.2) is 11.5 Å². The van der Waals surface area contributed by atoms with Crippen molar-refractivity contribution in [2.24, 2.45) is 0 Å². The Morgan fingerprint density at radius 3 is 2.69 bits per heavy atom. The molecule has 0 radical (unpaired) electrons. The molecule has 168 valence electrons. The van der Waals surface area contributed by atoms with Gasteiger partial charge in [0.2, 0.25) is 0 Å². The number of nitrogens with one attached hydrogen (secondary N) is 2. The van der Waals surface area contributed by atoms with E-state index in [1.165, 1.54) is 37.5 Å². The number of pyridine rings is 2. The number of aliphatic hydroxyl groups excluding tert-OH is 1. The fraction of sp³-hybridized carbons (Fsp3) is 0.182. The van der Waals surface area contributed by atoms with Crippen molar-refractivity contribution in [2.75, 3.05) is 13.6 Å². The van der Waals surface area contributed by atoms with Crippen LogP contribution in [-0.2, 0) is 11.2 Å². The average Bonchev–Trinajstić information content (AvgIpc) is 2.79. The molecule has 0 aromatic carbocycles. The van der Waals surface area contributed by atoms with Crippen molar-refractivity contribution in [3.63, 3.8) is 0 Å². The molecule has 0 saturated carbocycles. The minimum atomic E-state index is -0.969. The molecule has 0 aliphatic rings. The van der Waals surface area contributed by atoms with E-state index in [9.17, 15) is 29.0 Å². The maximum Gasteiger partial charge on any atom is 0.287 e. The Morgan fingerprint density at radius 2 is 2.09 bits per heavy atom. The van der Waals surface area contributed by atoms with Gasteiger partial charge in [-0.1, -0.05) is 18.7 Å². The molecule has 2 aromatic rings. The van der Waals surface area contributed by atoms with Crippen molar-refractivity contribution in [2.45, 2.75) is 13.3 Å². The third-order valence-electron chi connectivity index (χ3n) is 4.41. The lowest BCUT2D eigenvalue weighted by molar-refractivity contribution is -0.119. The zero-order chi connectivity index (χ0) is 23.8. The molecule has 9 nitrogen and oxygen atoms in total. The number of halogens is 1. The van der Waals surface area contributed by atoms with Gasteiger partial charge in [-0.05, 0) is 36.6 Å². The Kier molecular flexibility index (Phi) is 8.05. The van der Waals surface area contributed by atoms with Gasteiger partial charge in [-0.15, -0.1) is 0 Å². The molecule has 0 aliphatic carbocycles. The first-order valence-electron chi connectivity index (χ1n) is 9.54. The second-order valence-electron chi connectivity index (χ2n) is 6.50. The molecule has 2 heterocycles. The van der Waals surface area contributed by atoms with Gasteiger partial charge in [0.25, 0.3) is 17.4 Å². The zero-order valence-electron chi connectivity index (χ0n) is 17.6. The van der Waals surface area contributed by atoms with Gasteiger partial charge in [0, 0.05) is 19.8 Å². The van der Waals surface area contributed by atoms with Gasteiger partial charge < -0.3 is 20.8 Å². The van der Waals surface area contributed by atoms with Crippen molar-refractivity contribution in [3.8, 4) is 5.75 Å². The van der Waals surface area contributed by atoms with E-state index in [-0.39, 0.29) is 24.0 Å². The summed E-state index contributed by atoms with van der Waals surface area (Å²) in [4.78, 5) is 41.3. The lowest BCUT2D eigenvalue weighted by Gasteiger charge is -2.13. The van der Waals surface area contributed by atoms with Crippen LogP contribution >= 0.6 is 0 Å². The van der Waals surface area contributed by atoms with E-state index in [1.807, 2.05) is 0 Å². The molecular weight excluding hydrogens is 419 g/mol. The molecule has 0 atom stereocenters. The van der Waals surface area contributed by atoms with E-state index in [0.29, 0.717) is 17.5 Å². The van der Waals surface area contributed by atoms with Crippen LogP contribution < -0.4 is 16.2 Å². The Hall–Kier alpha value is -4.21. The number of nitrogens with zero attached hydrogens (tertiary/aromatic N) is 2. The van der Waals surface area contributed by atoms with Crippen LogP contribution in [0.3, 0.4) is 0 Å². The number of carbonyl (C=O) groups excluding carboxylic acids is 2. The predicted octanol–water partition coefficient (Wildman–Crippen LogP) is 2.09. The van der Waals surface area contributed by atoms with E-state index in [2.05, 4.69) is 22.2 Å². The van der Waals surface area contributed by atoms with Gasteiger partial charge in [-0.2, -0.15) is 0 Å². The number of aromatic nitrogens is 2. The largest absolute Gasteiger partial charge is 0.505 e. The number of hydrogen-bond acceptors (Lipinski definition) is 6. The minimum absolute atomic E-state index is 0.0398. The number of rotatable bonds is 8. The normalized spacial score (nSPS) is 12.2. The van der Waals surface area contributed by atoms with Gasteiger partial charge in [-0.25, -0.2) is 4.39 Å². The lowest BCUT2D eigenvalue weighted by atomic mass is 10.0. The van der Waals surface area contributed by atoms with E-state index in [0.717, 1.165) is 10.8 Å². The summed E-state index contributed by atoms with van der Waals surface area (Å²) < 4.78 is 13.2. The van der Waals surface area contributed by atoms with Gasteiger partial charge in [-0.3, -0.25) is 23.9 Å². The van der Waals surface area contributed by atoms with E-state index >= 15 is 0 Å². The van der Waals surface area contributed by atoms with Crippen LogP contribution in [0.4, 0.5) is 4.39 Å². The molecule has 0 saturated heterocycles. The molecule has 4 N–H and O–H groups in total. The number of hydrogen-bond donors (Lipinski definition) is 4. The number of allylic oxidation sites excluding steroid dienone is 4. The molecule has 2 aromatic heterocycles. The standard InChI is InChI=1S/C22H23FN4O5/c1-4-13(7-6-8-23)9-14-10-15-18(26-11-14)19(29)17(21(31)24-3)22(32)27(15)12-16(28)20(30)25-5-2/h4,6-8,10-12,28-29H,1,5,9H2,2-3H3,(H,24,31)(H,25,30)/b8-6+,13-7+,16-12-. The van der Waals surface area contributed by atoms with Gasteiger partial charge in [0.05, 0.1) is 18.0 Å². The highest BCUT2D eigenvalue weighted by Gasteiger charge is 2.23. The van der Waals surface area contributed by atoms with Crippen molar-refractivity contribution in [1.29, 1.82) is 0 Å². The summed E-state index contributed by atoms with van der Waals surface area (Å²) in [5, 5.41) is 25.3. The molecule has 0 bridgehead atoms. The average molecular weight is 442 g/mol. The summed E-state index contributed by atoms with van der Waals surface area (Å²) in [6, 6.07) is 1.50. The van der Waals surface area contributed by atoms with Gasteiger partial charge >= 0.3 is 0 Å². The molecule has 0 spiro atoms. The molecule has 0 unspecified atom stereocenters. The van der Waals surface area contributed by atoms with Crippen molar-refractivity contribution >= 4 is 29.0 Å². The quantitative estimate of drug-likeness (QED) is 0.281. The first kappa shape index (κ1) is 24.1. The monoisotopic (exact) mass is 442 g/mol. The van der Waals surface area contributed by atoms with Crippen LogP contribution in [0, 0.1) is 0 Å². The Labute approximate surface area is 182 Å². The van der Waals surface area contributed by atoms with Crippen LogP contribution in [0.2, 0.25) is 0 Å². The van der Waals surface area contributed by atoms with E-state index in [1.54, 1.807) is 6.92 Å². The number of carbonyl (C=O) groups is 2. The van der Waals surface area contributed by atoms with Crippen LogP contribution in [0.1, 0.15) is 22.8 Å². The molecule has 32 heavy (non-hydrogen) atoms. The highest BCUT2D eigenvalue weighted by atomic mass is 19.1. The first-order chi connectivity index (χ1) is 15.3. The Morgan fingerprint density at radius 1 is 1.38 bits per heavy atom. The summed E-state index contributed by atoms with van der Waals surface area (Å²) in [6.07, 6.45) is 7.09. The first-order valence-corrected chi connectivity index (χ1v) is 9.54. The van der Waals surface area contributed by atoms with E-state index in [4.69, 9.17) is 0 Å². The predicted molar refractivity (Wildman–Crippen MR) is 119 cm³/mol. The molecule has 10 heteroatoms. The summed E-state index contributed by atoms with van der Waals surface area (Å²) in [5.41, 5.74) is -0.426. The number of fused-ring (bicyclic) bond motifs is 1. The topological polar surface area (TPSA) is 134 Å². The zero-order valence-corrected chi connectivity index (χ0v) is 17.6. The van der Waals surface area contributed by atoms with Gasteiger partial charge in [0.1, 0.15) is 11.1 Å². The second-order valence-corrected chi connectivity index (χ2v) is 6.50. The van der Waals surface area contributed by atoms with Crippen LogP contribution in [0.25, 0.3) is 17.2 Å². The fourth-order valence-corrected chi connectivity index (χ4v) is 2.89. The number of amides is 2. The summed E-state index contributed by atoms with van der Waals surface area (Å²) >= 11 is 0. The smallest absolute Gasteiger partial charge is 0.287 e. The minimum Gasteiger partial charge on any atom is -0.505 e. The highest BCUT2D eigenvalue weighted by Crippen LogP contribution is 2.26. The second kappa shape index (κ2) is 10.7. The summed E-state index contributed by atoms with van der Waals surface area (Å²) in [5.74, 6) is -3.12.